The van der Waals surface area contributed by atoms with Crippen molar-refractivity contribution in [1.82, 2.24) is 0 Å². The summed E-state index contributed by atoms with van der Waals surface area (Å²) in [5.74, 6) is -1.53. The van der Waals surface area contributed by atoms with Crippen LogP contribution in [0, 0.1) is 5.82 Å². The van der Waals surface area contributed by atoms with Crippen LogP contribution >= 0.6 is 0 Å². The number of sulfonamides is 1. The van der Waals surface area contributed by atoms with E-state index in [0.717, 1.165) is 28.6 Å². The number of aliphatic carboxylic acids is 1. The third kappa shape index (κ3) is 3.48. The summed E-state index contributed by atoms with van der Waals surface area (Å²) in [5.41, 5.74) is 0.133. The van der Waals surface area contributed by atoms with E-state index in [1.165, 1.54) is 26.2 Å². The third-order valence-corrected chi connectivity index (χ3v) is 5.30. The zero-order chi connectivity index (χ0) is 17.9. The zero-order valence-corrected chi connectivity index (χ0v) is 13.8. The second kappa shape index (κ2) is 6.88. The number of methoxy groups -OCH3 is 1. The number of halogens is 1. The van der Waals surface area contributed by atoms with Crippen LogP contribution in [0.15, 0.2) is 53.4 Å². The van der Waals surface area contributed by atoms with Gasteiger partial charge in [0.15, 0.2) is 0 Å². The lowest BCUT2D eigenvalue weighted by Crippen LogP contribution is -2.43. The van der Waals surface area contributed by atoms with Gasteiger partial charge in [-0.3, -0.25) is 4.31 Å². The predicted molar refractivity (Wildman–Crippen MR) is 86.2 cm³/mol. The maximum absolute atomic E-state index is 13.1. The van der Waals surface area contributed by atoms with E-state index in [1.54, 1.807) is 12.1 Å². The Morgan fingerprint density at radius 3 is 2.38 bits per heavy atom. The highest BCUT2D eigenvalue weighted by atomic mass is 32.2. The van der Waals surface area contributed by atoms with Crippen LogP contribution in [0.4, 0.5) is 10.1 Å². The van der Waals surface area contributed by atoms with Crippen LogP contribution in [-0.2, 0) is 14.8 Å². The van der Waals surface area contributed by atoms with E-state index in [1.807, 2.05) is 0 Å². The van der Waals surface area contributed by atoms with E-state index in [2.05, 4.69) is 0 Å². The van der Waals surface area contributed by atoms with Gasteiger partial charge in [0, 0.05) is 6.07 Å². The number of carboxylic acids is 1. The van der Waals surface area contributed by atoms with Crippen LogP contribution in [0.1, 0.15) is 6.92 Å². The maximum atomic E-state index is 13.1. The molecule has 8 heteroatoms. The Kier molecular flexibility index (Phi) is 5.08. The number of nitrogens with zero attached hydrogens (tertiary/aromatic N) is 1. The molecule has 0 saturated carbocycles. The summed E-state index contributed by atoms with van der Waals surface area (Å²) in [6.07, 6.45) is 0. The molecular formula is C16H16FNO5S. The molecule has 128 valence electrons. The normalized spacial score (nSPS) is 12.5. The molecule has 0 spiro atoms. The van der Waals surface area contributed by atoms with Crippen molar-refractivity contribution in [1.29, 1.82) is 0 Å². The second-order valence-electron chi connectivity index (χ2n) is 4.97. The fraction of sp³-hybridized carbons (Fsp3) is 0.188. The van der Waals surface area contributed by atoms with Crippen molar-refractivity contribution in [3.05, 3.63) is 54.3 Å². The molecule has 1 unspecified atom stereocenters. The Bertz CT molecular complexity index is 836. The van der Waals surface area contributed by atoms with Gasteiger partial charge in [-0.15, -0.1) is 0 Å². The van der Waals surface area contributed by atoms with Crippen molar-refractivity contribution >= 4 is 21.7 Å². The molecule has 0 heterocycles. The molecule has 0 aliphatic heterocycles. The minimum Gasteiger partial charge on any atom is -0.497 e. The topological polar surface area (TPSA) is 83.9 Å². The number of hydrogen-bond acceptors (Lipinski definition) is 4. The van der Waals surface area contributed by atoms with Crippen LogP contribution in [0.3, 0.4) is 0 Å². The number of benzene rings is 2. The minimum absolute atomic E-state index is 0.133. The smallest absolute Gasteiger partial charge is 0.327 e. The molecule has 0 radical (unpaired) electrons. The summed E-state index contributed by atoms with van der Waals surface area (Å²) in [4.78, 5) is 11.2. The van der Waals surface area contributed by atoms with Crippen molar-refractivity contribution in [3.63, 3.8) is 0 Å². The molecule has 6 nitrogen and oxygen atoms in total. The van der Waals surface area contributed by atoms with Crippen molar-refractivity contribution < 1.29 is 27.4 Å². The molecule has 1 atom stereocenters. The minimum atomic E-state index is -4.21. The van der Waals surface area contributed by atoms with Gasteiger partial charge in [0.25, 0.3) is 10.0 Å². The monoisotopic (exact) mass is 353 g/mol. The quantitative estimate of drug-likeness (QED) is 0.863. The highest BCUT2D eigenvalue weighted by Gasteiger charge is 2.33. The standard InChI is InChI=1S/C16H16FNO5S/c1-11(16(19)20)18(13-4-3-5-14(10-13)23-2)24(21,22)15-8-6-12(17)7-9-15/h3-11H,1-2H3,(H,19,20). The molecule has 0 aliphatic carbocycles. The van der Waals surface area contributed by atoms with Gasteiger partial charge in [0.05, 0.1) is 17.7 Å². The average molecular weight is 353 g/mol. The first-order valence-electron chi connectivity index (χ1n) is 6.94. The van der Waals surface area contributed by atoms with E-state index in [9.17, 15) is 22.7 Å². The number of anilines is 1. The number of carboxylic acid groups (broad SMARTS) is 1. The lowest BCUT2D eigenvalue weighted by Gasteiger charge is -2.28. The Morgan fingerprint density at radius 2 is 1.83 bits per heavy atom. The van der Waals surface area contributed by atoms with Gasteiger partial charge in [-0.05, 0) is 43.3 Å². The van der Waals surface area contributed by atoms with Gasteiger partial charge in [-0.1, -0.05) is 6.07 Å². The highest BCUT2D eigenvalue weighted by molar-refractivity contribution is 7.92. The zero-order valence-electron chi connectivity index (χ0n) is 13.0. The molecule has 0 aromatic heterocycles. The van der Waals surface area contributed by atoms with E-state index < -0.39 is 27.9 Å². The summed E-state index contributed by atoms with van der Waals surface area (Å²) in [7, 11) is -2.79. The molecule has 1 N–H and O–H groups in total. The highest BCUT2D eigenvalue weighted by Crippen LogP contribution is 2.29. The van der Waals surface area contributed by atoms with Crippen LogP contribution in [0.2, 0.25) is 0 Å². The van der Waals surface area contributed by atoms with Gasteiger partial charge >= 0.3 is 5.97 Å². The third-order valence-electron chi connectivity index (χ3n) is 3.39. The largest absolute Gasteiger partial charge is 0.497 e. The SMILES string of the molecule is COc1cccc(N(C(C)C(=O)O)S(=O)(=O)c2ccc(F)cc2)c1. The summed E-state index contributed by atoms with van der Waals surface area (Å²) in [6, 6.07) is 8.85. The molecule has 0 saturated heterocycles. The predicted octanol–water partition coefficient (Wildman–Crippen LogP) is 2.50. The second-order valence-corrected chi connectivity index (χ2v) is 6.79. The van der Waals surface area contributed by atoms with Crippen molar-refractivity contribution in [3.8, 4) is 5.75 Å². The number of carbonyl (C=O) groups is 1. The fourth-order valence-corrected chi connectivity index (χ4v) is 3.74. The summed E-state index contributed by atoms with van der Waals surface area (Å²) in [5, 5.41) is 9.30. The van der Waals surface area contributed by atoms with Crippen LogP contribution in [-0.4, -0.2) is 32.6 Å². The average Bonchev–Trinajstić information content (AvgIpc) is 2.55. The molecule has 0 fully saturated rings. The first kappa shape index (κ1) is 17.7. The van der Waals surface area contributed by atoms with E-state index in [-0.39, 0.29) is 10.6 Å². The number of hydrogen-bond donors (Lipinski definition) is 1. The van der Waals surface area contributed by atoms with Gasteiger partial charge in [-0.2, -0.15) is 0 Å². The fourth-order valence-electron chi connectivity index (χ4n) is 2.14. The van der Waals surface area contributed by atoms with Gasteiger partial charge < -0.3 is 9.84 Å². The molecule has 2 aromatic rings. The van der Waals surface area contributed by atoms with Crippen LogP contribution < -0.4 is 9.04 Å². The van der Waals surface area contributed by atoms with Crippen molar-refractivity contribution in [2.24, 2.45) is 0 Å². The Labute approximate surface area is 139 Å². The summed E-state index contributed by atoms with van der Waals surface area (Å²) in [6.45, 7) is 1.25. The molecule has 0 aliphatic rings. The van der Waals surface area contributed by atoms with Gasteiger partial charge in [-0.25, -0.2) is 17.6 Å². The Hall–Kier alpha value is -2.61. The van der Waals surface area contributed by atoms with Crippen LogP contribution in [0.25, 0.3) is 0 Å². The Morgan fingerprint density at radius 1 is 1.21 bits per heavy atom. The Balaban J connectivity index is 2.61. The van der Waals surface area contributed by atoms with Crippen molar-refractivity contribution in [2.75, 3.05) is 11.4 Å². The van der Waals surface area contributed by atoms with Crippen LogP contribution in [0.5, 0.6) is 5.75 Å². The molecule has 24 heavy (non-hydrogen) atoms. The van der Waals surface area contributed by atoms with E-state index >= 15 is 0 Å². The van der Waals surface area contributed by atoms with E-state index in [4.69, 9.17) is 4.74 Å². The maximum Gasteiger partial charge on any atom is 0.327 e. The summed E-state index contributed by atoms with van der Waals surface area (Å²) >= 11 is 0. The molecule has 0 bridgehead atoms. The van der Waals surface area contributed by atoms with Crippen molar-refractivity contribution in [2.45, 2.75) is 17.9 Å². The lowest BCUT2D eigenvalue weighted by molar-refractivity contribution is -0.137. The van der Waals surface area contributed by atoms with E-state index in [0.29, 0.717) is 5.75 Å². The first-order valence-corrected chi connectivity index (χ1v) is 8.38. The number of ether oxygens (including phenoxy) is 1. The molecule has 2 rings (SSSR count). The van der Waals surface area contributed by atoms with Gasteiger partial charge in [0.1, 0.15) is 17.6 Å². The molecule has 2 aromatic carbocycles. The van der Waals surface area contributed by atoms with Gasteiger partial charge in [0.2, 0.25) is 0 Å². The molecular weight excluding hydrogens is 337 g/mol. The lowest BCUT2D eigenvalue weighted by atomic mass is 10.2. The summed E-state index contributed by atoms with van der Waals surface area (Å²) < 4.78 is 44.7. The number of rotatable bonds is 6. The molecule has 0 amide bonds. The first-order chi connectivity index (χ1) is 11.3.